The van der Waals surface area contributed by atoms with E-state index < -0.39 is 23.9 Å². The fraction of sp³-hybridized carbons (Fsp3) is 0.222. The van der Waals surface area contributed by atoms with Crippen molar-refractivity contribution in [3.8, 4) is 0 Å². The van der Waals surface area contributed by atoms with E-state index in [2.05, 4.69) is 0 Å². The van der Waals surface area contributed by atoms with E-state index in [-0.39, 0.29) is 0 Å². The lowest BCUT2D eigenvalue weighted by Crippen LogP contribution is -2.41. The number of halogens is 1. The number of hydrogen-bond acceptors (Lipinski definition) is 3. The van der Waals surface area contributed by atoms with E-state index in [0.29, 0.717) is 5.56 Å². The zero-order valence-corrected chi connectivity index (χ0v) is 7.35. The zero-order valence-electron chi connectivity index (χ0n) is 7.35. The third kappa shape index (κ3) is 2.27. The van der Waals surface area contributed by atoms with Crippen LogP contribution in [-0.2, 0) is 4.79 Å². The molecule has 0 aliphatic rings. The fourth-order valence-corrected chi connectivity index (χ4v) is 1.02. The number of nitrogens with two attached hydrogens (primary N) is 2. The Morgan fingerprint density at radius 1 is 1.36 bits per heavy atom. The molecule has 2 atom stereocenters. The van der Waals surface area contributed by atoms with E-state index in [9.17, 15) is 14.3 Å². The number of rotatable bonds is 3. The van der Waals surface area contributed by atoms with Gasteiger partial charge in [0.05, 0.1) is 0 Å². The van der Waals surface area contributed by atoms with E-state index in [1.807, 2.05) is 0 Å². The molecule has 0 saturated heterocycles. The SMILES string of the molecule is NC(=O)C(N)C(O)c1ccc(F)cc1. The number of carbonyl (C=O) groups is 1. The maximum atomic E-state index is 12.5. The number of hydrogen-bond donors (Lipinski definition) is 3. The maximum Gasteiger partial charge on any atom is 0.237 e. The largest absolute Gasteiger partial charge is 0.386 e. The van der Waals surface area contributed by atoms with Gasteiger partial charge < -0.3 is 16.6 Å². The topological polar surface area (TPSA) is 89.3 Å². The van der Waals surface area contributed by atoms with Gasteiger partial charge >= 0.3 is 0 Å². The standard InChI is InChI=1S/C9H11FN2O2/c10-6-3-1-5(2-4-6)8(13)7(11)9(12)14/h1-4,7-8,13H,11H2,(H2,12,14). The van der Waals surface area contributed by atoms with Crippen LogP contribution in [0, 0.1) is 5.82 Å². The Balaban J connectivity index is 2.84. The highest BCUT2D eigenvalue weighted by atomic mass is 19.1. The molecule has 14 heavy (non-hydrogen) atoms. The molecule has 0 aliphatic heterocycles. The number of amides is 1. The lowest BCUT2D eigenvalue weighted by Gasteiger charge is -2.15. The molecule has 0 heterocycles. The van der Waals surface area contributed by atoms with E-state index in [4.69, 9.17) is 11.5 Å². The summed E-state index contributed by atoms with van der Waals surface area (Å²) < 4.78 is 12.5. The van der Waals surface area contributed by atoms with E-state index in [0.717, 1.165) is 0 Å². The molecule has 0 spiro atoms. The fourth-order valence-electron chi connectivity index (χ4n) is 1.02. The first-order valence-corrected chi connectivity index (χ1v) is 4.01. The van der Waals surface area contributed by atoms with E-state index in [1.54, 1.807) is 0 Å². The number of benzene rings is 1. The molecule has 2 unspecified atom stereocenters. The Morgan fingerprint density at radius 3 is 2.29 bits per heavy atom. The smallest absolute Gasteiger partial charge is 0.237 e. The van der Waals surface area contributed by atoms with Crippen molar-refractivity contribution in [3.05, 3.63) is 35.6 Å². The van der Waals surface area contributed by atoms with Crippen LogP contribution >= 0.6 is 0 Å². The van der Waals surface area contributed by atoms with Crippen LogP contribution in [0.2, 0.25) is 0 Å². The highest BCUT2D eigenvalue weighted by Crippen LogP contribution is 2.15. The third-order valence-corrected chi connectivity index (χ3v) is 1.88. The highest BCUT2D eigenvalue weighted by molar-refractivity contribution is 5.80. The quantitative estimate of drug-likeness (QED) is 0.621. The molecule has 0 aliphatic carbocycles. The van der Waals surface area contributed by atoms with Crippen LogP contribution in [-0.4, -0.2) is 17.1 Å². The summed E-state index contributed by atoms with van der Waals surface area (Å²) in [6.07, 6.45) is -1.20. The average molecular weight is 198 g/mol. The Bertz CT molecular complexity index is 326. The van der Waals surface area contributed by atoms with Gasteiger partial charge in [-0.2, -0.15) is 0 Å². The van der Waals surface area contributed by atoms with E-state index in [1.165, 1.54) is 24.3 Å². The van der Waals surface area contributed by atoms with Crippen LogP contribution < -0.4 is 11.5 Å². The predicted octanol–water partition coefficient (Wildman–Crippen LogP) is -0.328. The Kier molecular flexibility index (Phi) is 3.16. The molecule has 0 radical (unpaired) electrons. The highest BCUT2D eigenvalue weighted by Gasteiger charge is 2.21. The number of carbonyl (C=O) groups excluding carboxylic acids is 1. The van der Waals surface area contributed by atoms with Crippen LogP contribution in [0.5, 0.6) is 0 Å². The van der Waals surface area contributed by atoms with Crippen molar-refractivity contribution in [2.24, 2.45) is 11.5 Å². The molecule has 0 bridgehead atoms. The molecule has 0 aromatic heterocycles. The minimum absolute atomic E-state index is 0.359. The summed E-state index contributed by atoms with van der Waals surface area (Å²) in [6, 6.07) is 3.87. The minimum Gasteiger partial charge on any atom is -0.386 e. The van der Waals surface area contributed by atoms with Gasteiger partial charge in [-0.1, -0.05) is 12.1 Å². The lowest BCUT2D eigenvalue weighted by molar-refractivity contribution is -0.121. The molecular weight excluding hydrogens is 187 g/mol. The monoisotopic (exact) mass is 198 g/mol. The van der Waals surface area contributed by atoms with Crippen molar-refractivity contribution in [1.29, 1.82) is 0 Å². The second-order valence-electron chi connectivity index (χ2n) is 2.92. The first kappa shape index (κ1) is 10.6. The number of primary amides is 1. The summed E-state index contributed by atoms with van der Waals surface area (Å²) in [5.41, 5.74) is 10.6. The Morgan fingerprint density at radius 2 is 1.86 bits per heavy atom. The van der Waals surface area contributed by atoms with E-state index >= 15 is 0 Å². The molecule has 1 amide bonds. The number of aliphatic hydroxyl groups is 1. The summed E-state index contributed by atoms with van der Waals surface area (Å²) in [6.45, 7) is 0. The lowest BCUT2D eigenvalue weighted by atomic mass is 10.0. The van der Waals surface area contributed by atoms with Crippen molar-refractivity contribution >= 4 is 5.91 Å². The van der Waals surface area contributed by atoms with Crippen LogP contribution in [0.3, 0.4) is 0 Å². The van der Waals surface area contributed by atoms with Gasteiger partial charge in [-0.05, 0) is 17.7 Å². The van der Waals surface area contributed by atoms with Crippen molar-refractivity contribution in [1.82, 2.24) is 0 Å². The Labute approximate surface area is 80.3 Å². The molecule has 5 N–H and O–H groups in total. The predicted molar refractivity (Wildman–Crippen MR) is 48.5 cm³/mol. The summed E-state index contributed by atoms with van der Waals surface area (Å²) in [7, 11) is 0. The third-order valence-electron chi connectivity index (χ3n) is 1.88. The molecule has 0 saturated carbocycles. The van der Waals surface area contributed by atoms with Gasteiger partial charge in [-0.25, -0.2) is 4.39 Å². The van der Waals surface area contributed by atoms with Crippen LogP contribution in [0.15, 0.2) is 24.3 Å². The molecule has 1 aromatic carbocycles. The van der Waals surface area contributed by atoms with Crippen molar-refractivity contribution in [2.45, 2.75) is 12.1 Å². The van der Waals surface area contributed by atoms with Gasteiger partial charge in [0.2, 0.25) is 5.91 Å². The number of aliphatic hydroxyl groups excluding tert-OH is 1. The summed E-state index contributed by atoms with van der Waals surface area (Å²) >= 11 is 0. The second kappa shape index (κ2) is 4.17. The Hall–Kier alpha value is -1.46. The van der Waals surface area contributed by atoms with Crippen LogP contribution in [0.25, 0.3) is 0 Å². The van der Waals surface area contributed by atoms with Crippen molar-refractivity contribution in [3.63, 3.8) is 0 Å². The van der Waals surface area contributed by atoms with Crippen molar-refractivity contribution < 1.29 is 14.3 Å². The molecule has 1 rings (SSSR count). The average Bonchev–Trinajstić information content (AvgIpc) is 2.16. The first-order chi connectivity index (χ1) is 6.52. The van der Waals surface area contributed by atoms with Crippen molar-refractivity contribution in [2.75, 3.05) is 0 Å². The van der Waals surface area contributed by atoms with Gasteiger partial charge in [0.1, 0.15) is 18.0 Å². The van der Waals surface area contributed by atoms with Gasteiger partial charge in [0.15, 0.2) is 0 Å². The summed E-state index contributed by atoms with van der Waals surface area (Å²) in [5, 5.41) is 9.50. The summed E-state index contributed by atoms with van der Waals surface area (Å²) in [4.78, 5) is 10.6. The van der Waals surface area contributed by atoms with Gasteiger partial charge in [0.25, 0.3) is 0 Å². The normalized spacial score (nSPS) is 14.8. The molecule has 0 fully saturated rings. The van der Waals surface area contributed by atoms with Crippen LogP contribution in [0.4, 0.5) is 4.39 Å². The van der Waals surface area contributed by atoms with Gasteiger partial charge in [-0.15, -0.1) is 0 Å². The zero-order chi connectivity index (χ0) is 10.7. The maximum absolute atomic E-state index is 12.5. The molecule has 76 valence electrons. The second-order valence-corrected chi connectivity index (χ2v) is 2.92. The minimum atomic E-state index is -1.20. The first-order valence-electron chi connectivity index (χ1n) is 4.01. The van der Waals surface area contributed by atoms with Gasteiger partial charge in [-0.3, -0.25) is 4.79 Å². The molecule has 4 nitrogen and oxygen atoms in total. The molecule has 1 aromatic rings. The molecule has 5 heteroatoms. The summed E-state index contributed by atoms with van der Waals surface area (Å²) in [5.74, 6) is -1.23. The van der Waals surface area contributed by atoms with Crippen LogP contribution in [0.1, 0.15) is 11.7 Å². The van der Waals surface area contributed by atoms with Gasteiger partial charge in [0, 0.05) is 0 Å². The molecular formula is C9H11FN2O2.